The van der Waals surface area contributed by atoms with Crippen molar-refractivity contribution in [3.05, 3.63) is 47.0 Å². The number of benzene rings is 1. The minimum Gasteiger partial charge on any atom is -0.392 e. The van der Waals surface area contributed by atoms with E-state index in [0.717, 1.165) is 5.56 Å². The standard InChI is InChI=1S/C15H20ClN3O/c1-15(2,3)13(20)12(14-17-9-18-19-14)8-10-4-6-11(16)7-5-10/h4-7,9,12-13,20H,8H2,1-3H3,(H,17,18,19). The predicted octanol–water partition coefficient (Wildman–Crippen LogP) is 3.19. The molecule has 1 aromatic heterocycles. The van der Waals surface area contributed by atoms with Crippen molar-refractivity contribution in [2.24, 2.45) is 5.41 Å². The summed E-state index contributed by atoms with van der Waals surface area (Å²) in [7, 11) is 0. The zero-order chi connectivity index (χ0) is 14.8. The van der Waals surface area contributed by atoms with Gasteiger partial charge < -0.3 is 5.11 Å². The smallest absolute Gasteiger partial charge is 0.137 e. The molecule has 0 fully saturated rings. The van der Waals surface area contributed by atoms with Crippen LogP contribution < -0.4 is 0 Å². The van der Waals surface area contributed by atoms with E-state index in [2.05, 4.69) is 15.2 Å². The van der Waals surface area contributed by atoms with Crippen LogP contribution in [0.3, 0.4) is 0 Å². The molecule has 0 bridgehead atoms. The number of hydrogen-bond donors (Lipinski definition) is 2. The summed E-state index contributed by atoms with van der Waals surface area (Å²) in [5.41, 5.74) is 0.878. The van der Waals surface area contributed by atoms with Crippen LogP contribution in [0.1, 0.15) is 38.1 Å². The Morgan fingerprint density at radius 2 is 1.90 bits per heavy atom. The van der Waals surface area contributed by atoms with Crippen LogP contribution in [0.15, 0.2) is 30.6 Å². The van der Waals surface area contributed by atoms with Gasteiger partial charge in [-0.25, -0.2) is 4.98 Å². The normalized spacial score (nSPS) is 15.1. The Balaban J connectivity index is 2.26. The van der Waals surface area contributed by atoms with E-state index in [0.29, 0.717) is 17.3 Å². The van der Waals surface area contributed by atoms with E-state index in [-0.39, 0.29) is 11.3 Å². The summed E-state index contributed by atoms with van der Waals surface area (Å²) in [6, 6.07) is 7.66. The molecule has 5 heteroatoms. The molecule has 1 heterocycles. The van der Waals surface area contributed by atoms with Gasteiger partial charge in [-0.2, -0.15) is 5.10 Å². The average Bonchev–Trinajstić information content (AvgIpc) is 2.90. The van der Waals surface area contributed by atoms with E-state index in [1.54, 1.807) is 0 Å². The number of nitrogens with zero attached hydrogens (tertiary/aromatic N) is 2. The first kappa shape index (κ1) is 15.0. The van der Waals surface area contributed by atoms with Gasteiger partial charge in [0.1, 0.15) is 12.2 Å². The van der Waals surface area contributed by atoms with Crippen molar-refractivity contribution in [2.75, 3.05) is 0 Å². The number of aliphatic hydroxyl groups is 1. The van der Waals surface area contributed by atoms with E-state index in [1.165, 1.54) is 6.33 Å². The number of halogens is 1. The van der Waals surface area contributed by atoms with Crippen molar-refractivity contribution in [1.82, 2.24) is 15.2 Å². The minimum absolute atomic E-state index is 0.126. The van der Waals surface area contributed by atoms with Crippen LogP contribution in [0.25, 0.3) is 0 Å². The third kappa shape index (κ3) is 3.58. The number of rotatable bonds is 4. The largest absolute Gasteiger partial charge is 0.392 e. The summed E-state index contributed by atoms with van der Waals surface area (Å²) < 4.78 is 0. The van der Waals surface area contributed by atoms with Gasteiger partial charge in [0.05, 0.1) is 6.10 Å². The van der Waals surface area contributed by atoms with E-state index < -0.39 is 6.10 Å². The van der Waals surface area contributed by atoms with Crippen LogP contribution in [0, 0.1) is 5.41 Å². The molecule has 20 heavy (non-hydrogen) atoms. The molecule has 2 N–H and O–H groups in total. The molecule has 108 valence electrons. The Morgan fingerprint density at radius 3 is 2.40 bits per heavy atom. The highest BCUT2D eigenvalue weighted by Gasteiger charge is 2.33. The fraction of sp³-hybridized carbons (Fsp3) is 0.467. The fourth-order valence-electron chi connectivity index (χ4n) is 2.23. The molecule has 0 spiro atoms. The molecule has 4 nitrogen and oxygen atoms in total. The lowest BCUT2D eigenvalue weighted by Crippen LogP contribution is -2.34. The van der Waals surface area contributed by atoms with Crippen LogP contribution in [0.5, 0.6) is 0 Å². The average molecular weight is 294 g/mol. The van der Waals surface area contributed by atoms with Crippen LogP contribution in [0.4, 0.5) is 0 Å². The Kier molecular flexibility index (Phi) is 4.45. The summed E-state index contributed by atoms with van der Waals surface area (Å²) in [6.45, 7) is 6.05. The second-order valence-corrected chi connectivity index (χ2v) is 6.56. The fourth-order valence-corrected chi connectivity index (χ4v) is 2.36. The maximum atomic E-state index is 10.6. The summed E-state index contributed by atoms with van der Waals surface area (Å²) in [5.74, 6) is 0.584. The van der Waals surface area contributed by atoms with Crippen molar-refractivity contribution in [3.63, 3.8) is 0 Å². The van der Waals surface area contributed by atoms with Crippen LogP contribution >= 0.6 is 11.6 Å². The highest BCUT2D eigenvalue weighted by atomic mass is 35.5. The monoisotopic (exact) mass is 293 g/mol. The summed E-state index contributed by atoms with van der Waals surface area (Å²) in [4.78, 5) is 4.21. The Bertz CT molecular complexity index is 531. The van der Waals surface area contributed by atoms with Crippen LogP contribution in [-0.2, 0) is 6.42 Å². The van der Waals surface area contributed by atoms with Gasteiger partial charge in [0.15, 0.2) is 0 Å². The zero-order valence-electron chi connectivity index (χ0n) is 12.0. The molecule has 0 saturated heterocycles. The van der Waals surface area contributed by atoms with Gasteiger partial charge in [0.25, 0.3) is 0 Å². The molecule has 2 unspecified atom stereocenters. The molecule has 0 aliphatic rings. The second-order valence-electron chi connectivity index (χ2n) is 6.12. The number of aromatic nitrogens is 3. The number of hydrogen-bond acceptors (Lipinski definition) is 3. The van der Waals surface area contributed by atoms with Gasteiger partial charge in [-0.15, -0.1) is 0 Å². The number of nitrogens with one attached hydrogen (secondary N) is 1. The Hall–Kier alpha value is -1.39. The molecule has 0 aliphatic heterocycles. The topological polar surface area (TPSA) is 61.8 Å². The van der Waals surface area contributed by atoms with E-state index in [9.17, 15) is 5.11 Å². The van der Waals surface area contributed by atoms with Crippen LogP contribution in [0.2, 0.25) is 5.02 Å². The summed E-state index contributed by atoms with van der Waals surface area (Å²) in [5, 5.41) is 18.1. The van der Waals surface area contributed by atoms with Gasteiger partial charge in [-0.1, -0.05) is 44.5 Å². The minimum atomic E-state index is -0.522. The first-order valence-electron chi connectivity index (χ1n) is 6.65. The summed E-state index contributed by atoms with van der Waals surface area (Å²) in [6.07, 6.45) is 1.64. The van der Waals surface area contributed by atoms with Gasteiger partial charge >= 0.3 is 0 Å². The molecule has 0 radical (unpaired) electrons. The van der Waals surface area contributed by atoms with Gasteiger partial charge in [0.2, 0.25) is 0 Å². The quantitative estimate of drug-likeness (QED) is 0.910. The first-order chi connectivity index (χ1) is 9.38. The molecular weight excluding hydrogens is 274 g/mol. The Morgan fingerprint density at radius 1 is 1.25 bits per heavy atom. The summed E-state index contributed by atoms with van der Waals surface area (Å²) >= 11 is 5.91. The second kappa shape index (κ2) is 5.94. The van der Waals surface area contributed by atoms with Gasteiger partial charge in [0, 0.05) is 10.9 Å². The number of H-pyrrole nitrogens is 1. The number of aromatic amines is 1. The van der Waals surface area contributed by atoms with E-state index in [1.807, 2.05) is 45.0 Å². The highest BCUT2D eigenvalue weighted by molar-refractivity contribution is 6.30. The number of aliphatic hydroxyl groups excluding tert-OH is 1. The third-order valence-electron chi connectivity index (χ3n) is 3.42. The molecule has 2 atom stereocenters. The molecule has 1 aromatic carbocycles. The molecule has 0 amide bonds. The highest BCUT2D eigenvalue weighted by Crippen LogP contribution is 2.32. The van der Waals surface area contributed by atoms with Crippen molar-refractivity contribution in [2.45, 2.75) is 39.2 Å². The van der Waals surface area contributed by atoms with E-state index in [4.69, 9.17) is 11.6 Å². The lowest BCUT2D eigenvalue weighted by Gasteiger charge is -2.32. The molecular formula is C15H20ClN3O. The SMILES string of the molecule is CC(C)(C)C(O)C(Cc1ccc(Cl)cc1)c1ncn[nH]1. The van der Waals surface area contributed by atoms with Crippen LogP contribution in [-0.4, -0.2) is 26.4 Å². The maximum absolute atomic E-state index is 10.6. The van der Waals surface area contributed by atoms with Crippen molar-refractivity contribution < 1.29 is 5.11 Å². The lowest BCUT2D eigenvalue weighted by atomic mass is 9.78. The Labute approximate surface area is 124 Å². The van der Waals surface area contributed by atoms with Crippen molar-refractivity contribution in [3.8, 4) is 0 Å². The molecule has 2 rings (SSSR count). The van der Waals surface area contributed by atoms with E-state index >= 15 is 0 Å². The van der Waals surface area contributed by atoms with Crippen molar-refractivity contribution in [1.29, 1.82) is 0 Å². The zero-order valence-corrected chi connectivity index (χ0v) is 12.7. The first-order valence-corrected chi connectivity index (χ1v) is 7.03. The lowest BCUT2D eigenvalue weighted by molar-refractivity contribution is 0.0361. The predicted molar refractivity (Wildman–Crippen MR) is 79.7 cm³/mol. The third-order valence-corrected chi connectivity index (χ3v) is 3.67. The molecule has 0 aliphatic carbocycles. The van der Waals surface area contributed by atoms with Gasteiger partial charge in [-0.3, -0.25) is 5.10 Å². The van der Waals surface area contributed by atoms with Crippen molar-refractivity contribution >= 4 is 11.6 Å². The maximum Gasteiger partial charge on any atom is 0.137 e. The molecule has 0 saturated carbocycles. The van der Waals surface area contributed by atoms with Gasteiger partial charge in [-0.05, 0) is 29.5 Å². The molecule has 2 aromatic rings.